The average Bonchev–Trinajstić information content (AvgIpc) is 2.74. The highest BCUT2D eigenvalue weighted by atomic mass is 16.5. The van der Waals surface area contributed by atoms with Crippen LogP contribution in [0.4, 0.5) is 0 Å². The molecule has 0 spiro atoms. The molecular formula is C25H32N2O3. The number of rotatable bonds is 7. The molecule has 0 bridgehead atoms. The van der Waals surface area contributed by atoms with E-state index in [0.717, 1.165) is 29.5 Å². The lowest BCUT2D eigenvalue weighted by atomic mass is 9.73. The number of amides is 2. The molecule has 3 rings (SSSR count). The van der Waals surface area contributed by atoms with Crippen LogP contribution in [0, 0.1) is 5.41 Å². The maximum absolute atomic E-state index is 13.3. The van der Waals surface area contributed by atoms with E-state index in [4.69, 9.17) is 4.74 Å². The van der Waals surface area contributed by atoms with Crippen molar-refractivity contribution in [2.45, 2.75) is 39.2 Å². The molecule has 30 heavy (non-hydrogen) atoms. The molecule has 1 aliphatic rings. The summed E-state index contributed by atoms with van der Waals surface area (Å²) in [6.07, 6.45) is 2.17. The second-order valence-electron chi connectivity index (χ2n) is 8.50. The van der Waals surface area contributed by atoms with Gasteiger partial charge in [-0.3, -0.25) is 9.59 Å². The number of methoxy groups -OCH3 is 1. The van der Waals surface area contributed by atoms with Crippen LogP contribution in [0.25, 0.3) is 11.1 Å². The highest BCUT2D eigenvalue weighted by molar-refractivity contribution is 5.85. The van der Waals surface area contributed by atoms with Gasteiger partial charge in [-0.15, -0.1) is 0 Å². The Hall–Kier alpha value is -2.66. The first-order valence-electron chi connectivity index (χ1n) is 10.7. The second kappa shape index (κ2) is 9.90. The molecule has 2 aromatic rings. The standard InChI is InChI=1S/C25H32N2O3/c1-19(2)26-24(29)25(13-8-14-27(18-25)23(28)17-30-3)16-20-9-7-12-22(15-20)21-10-5-4-6-11-21/h4-7,9-12,15,19H,8,13-14,16-18H2,1-3H3,(H,26,29)/t25-/m0/s1. The van der Waals surface area contributed by atoms with E-state index in [2.05, 4.69) is 35.6 Å². The molecule has 1 saturated heterocycles. The van der Waals surface area contributed by atoms with Crippen LogP contribution in [0.2, 0.25) is 0 Å². The molecule has 1 heterocycles. The minimum Gasteiger partial charge on any atom is -0.375 e. The first-order valence-corrected chi connectivity index (χ1v) is 10.7. The number of hydrogen-bond donors (Lipinski definition) is 1. The van der Waals surface area contributed by atoms with E-state index in [1.807, 2.05) is 38.1 Å². The number of nitrogens with zero attached hydrogens (tertiary/aromatic N) is 1. The molecule has 0 radical (unpaired) electrons. The second-order valence-corrected chi connectivity index (χ2v) is 8.50. The van der Waals surface area contributed by atoms with E-state index in [-0.39, 0.29) is 24.5 Å². The van der Waals surface area contributed by atoms with Crippen LogP contribution in [0.5, 0.6) is 0 Å². The fourth-order valence-corrected chi connectivity index (χ4v) is 4.27. The van der Waals surface area contributed by atoms with Gasteiger partial charge in [0.05, 0.1) is 5.41 Å². The molecule has 5 nitrogen and oxygen atoms in total. The minimum absolute atomic E-state index is 0.0255. The van der Waals surface area contributed by atoms with Crippen LogP contribution in [0.15, 0.2) is 54.6 Å². The topological polar surface area (TPSA) is 58.6 Å². The van der Waals surface area contributed by atoms with Gasteiger partial charge in [0, 0.05) is 26.2 Å². The Morgan fingerprint density at radius 1 is 1.10 bits per heavy atom. The third-order valence-corrected chi connectivity index (χ3v) is 5.68. The lowest BCUT2D eigenvalue weighted by Crippen LogP contribution is -2.56. The third kappa shape index (κ3) is 5.28. The predicted octanol–water partition coefficient (Wildman–Crippen LogP) is 3.68. The van der Waals surface area contributed by atoms with Crippen LogP contribution in [-0.2, 0) is 20.7 Å². The molecule has 0 unspecified atom stereocenters. The first-order chi connectivity index (χ1) is 14.4. The SMILES string of the molecule is COCC(=O)N1CCC[C@@](Cc2cccc(-c3ccccc3)c2)(C(=O)NC(C)C)C1. The Kier molecular flexibility index (Phi) is 7.27. The number of piperidine rings is 1. The van der Waals surface area contributed by atoms with Crippen LogP contribution in [0.3, 0.4) is 0 Å². The van der Waals surface area contributed by atoms with Gasteiger partial charge >= 0.3 is 0 Å². The summed E-state index contributed by atoms with van der Waals surface area (Å²) in [5.74, 6) is -0.0329. The maximum Gasteiger partial charge on any atom is 0.248 e. The van der Waals surface area contributed by atoms with Gasteiger partial charge < -0.3 is 15.0 Å². The van der Waals surface area contributed by atoms with Gasteiger partial charge in [0.2, 0.25) is 11.8 Å². The molecule has 0 aromatic heterocycles. The van der Waals surface area contributed by atoms with E-state index >= 15 is 0 Å². The minimum atomic E-state index is -0.638. The monoisotopic (exact) mass is 408 g/mol. The summed E-state index contributed by atoms with van der Waals surface area (Å²) in [5, 5.41) is 3.10. The lowest BCUT2D eigenvalue weighted by molar-refractivity contribution is -0.144. The number of nitrogens with one attached hydrogen (secondary N) is 1. The van der Waals surface area contributed by atoms with E-state index in [1.54, 1.807) is 4.90 Å². The third-order valence-electron chi connectivity index (χ3n) is 5.68. The normalized spacial score (nSPS) is 19.0. The molecular weight excluding hydrogens is 376 g/mol. The van der Waals surface area contributed by atoms with Crippen LogP contribution in [-0.4, -0.2) is 49.6 Å². The molecule has 2 amide bonds. The highest BCUT2D eigenvalue weighted by Gasteiger charge is 2.43. The summed E-state index contributed by atoms with van der Waals surface area (Å²) in [5.41, 5.74) is 2.76. The van der Waals surface area contributed by atoms with Crippen molar-refractivity contribution >= 4 is 11.8 Å². The number of carbonyl (C=O) groups excluding carboxylic acids is 2. The van der Waals surface area contributed by atoms with Gasteiger partial charge in [0.1, 0.15) is 6.61 Å². The van der Waals surface area contributed by atoms with Crippen molar-refractivity contribution in [2.75, 3.05) is 26.8 Å². The number of carbonyl (C=O) groups is 2. The zero-order chi connectivity index (χ0) is 21.6. The van der Waals surface area contributed by atoms with Crippen molar-refractivity contribution in [1.29, 1.82) is 0 Å². The number of benzene rings is 2. The first kappa shape index (κ1) is 22.0. The van der Waals surface area contributed by atoms with Gasteiger partial charge in [0.25, 0.3) is 0 Å². The largest absolute Gasteiger partial charge is 0.375 e. The van der Waals surface area contributed by atoms with Crippen LogP contribution in [0.1, 0.15) is 32.3 Å². The maximum atomic E-state index is 13.3. The smallest absolute Gasteiger partial charge is 0.248 e. The van der Waals surface area contributed by atoms with Crippen LogP contribution < -0.4 is 5.32 Å². The molecule has 160 valence electrons. The van der Waals surface area contributed by atoms with Crippen molar-refractivity contribution in [2.24, 2.45) is 5.41 Å². The van der Waals surface area contributed by atoms with E-state index in [1.165, 1.54) is 7.11 Å². The fourth-order valence-electron chi connectivity index (χ4n) is 4.27. The van der Waals surface area contributed by atoms with Gasteiger partial charge in [-0.05, 0) is 49.8 Å². The zero-order valence-electron chi connectivity index (χ0n) is 18.2. The Balaban J connectivity index is 1.90. The summed E-state index contributed by atoms with van der Waals surface area (Å²) < 4.78 is 5.04. The summed E-state index contributed by atoms with van der Waals surface area (Å²) >= 11 is 0. The van der Waals surface area contributed by atoms with Gasteiger partial charge in [-0.1, -0.05) is 54.6 Å². The van der Waals surface area contributed by atoms with Crippen molar-refractivity contribution in [3.8, 4) is 11.1 Å². The Morgan fingerprint density at radius 3 is 2.53 bits per heavy atom. The summed E-state index contributed by atoms with van der Waals surface area (Å²) in [6.45, 7) is 5.08. The summed E-state index contributed by atoms with van der Waals surface area (Å²) in [7, 11) is 1.52. The van der Waals surface area contributed by atoms with E-state index in [9.17, 15) is 9.59 Å². The van der Waals surface area contributed by atoms with Crippen molar-refractivity contribution in [1.82, 2.24) is 10.2 Å². The molecule has 1 aliphatic heterocycles. The quantitative estimate of drug-likeness (QED) is 0.760. The summed E-state index contributed by atoms with van der Waals surface area (Å²) in [4.78, 5) is 27.6. The number of likely N-dealkylation sites (tertiary alicyclic amines) is 1. The molecule has 1 fully saturated rings. The number of hydrogen-bond acceptors (Lipinski definition) is 3. The molecule has 1 N–H and O–H groups in total. The zero-order valence-corrected chi connectivity index (χ0v) is 18.2. The highest BCUT2D eigenvalue weighted by Crippen LogP contribution is 2.35. The van der Waals surface area contributed by atoms with Gasteiger partial charge in [0.15, 0.2) is 0 Å². The van der Waals surface area contributed by atoms with E-state index < -0.39 is 5.41 Å². The molecule has 0 aliphatic carbocycles. The number of ether oxygens (including phenoxy) is 1. The Bertz CT molecular complexity index is 866. The van der Waals surface area contributed by atoms with Crippen molar-refractivity contribution in [3.05, 3.63) is 60.2 Å². The lowest BCUT2D eigenvalue weighted by Gasteiger charge is -2.42. The predicted molar refractivity (Wildman–Crippen MR) is 119 cm³/mol. The summed E-state index contributed by atoms with van der Waals surface area (Å²) in [6, 6.07) is 18.7. The van der Waals surface area contributed by atoms with Gasteiger partial charge in [-0.25, -0.2) is 0 Å². The van der Waals surface area contributed by atoms with E-state index in [0.29, 0.717) is 19.5 Å². The van der Waals surface area contributed by atoms with Crippen molar-refractivity contribution in [3.63, 3.8) is 0 Å². The average molecular weight is 409 g/mol. The van der Waals surface area contributed by atoms with Crippen molar-refractivity contribution < 1.29 is 14.3 Å². The molecule has 5 heteroatoms. The molecule has 2 aromatic carbocycles. The Labute approximate surface area is 179 Å². The molecule has 1 atom stereocenters. The fraction of sp³-hybridized carbons (Fsp3) is 0.440. The van der Waals surface area contributed by atoms with Crippen LogP contribution >= 0.6 is 0 Å². The Morgan fingerprint density at radius 2 is 1.83 bits per heavy atom. The van der Waals surface area contributed by atoms with Gasteiger partial charge in [-0.2, -0.15) is 0 Å². The molecule has 0 saturated carbocycles.